The number of tetrazole rings is 1. The predicted octanol–water partition coefficient (Wildman–Crippen LogP) is -0.109. The number of ketones is 1. The number of Topliss-reactive ketones (excluding diaryl/α,β-unsaturated/α-hetero) is 1. The van der Waals surface area contributed by atoms with Gasteiger partial charge in [-0.3, -0.25) is 4.79 Å². The van der Waals surface area contributed by atoms with Crippen LogP contribution in [0.4, 0.5) is 0 Å². The smallest absolute Gasteiger partial charge is 0.182 e. The van der Waals surface area contributed by atoms with E-state index < -0.39 is 5.60 Å². The highest BCUT2D eigenvalue weighted by molar-refractivity contribution is 5.89. The van der Waals surface area contributed by atoms with E-state index in [0.717, 1.165) is 19.3 Å². The molecule has 0 aromatic carbocycles. The molecule has 0 N–H and O–H groups in total. The molecule has 15 heavy (non-hydrogen) atoms. The van der Waals surface area contributed by atoms with E-state index in [2.05, 4.69) is 15.4 Å². The van der Waals surface area contributed by atoms with Gasteiger partial charge in [0.15, 0.2) is 11.6 Å². The summed E-state index contributed by atoms with van der Waals surface area (Å²) in [5.41, 5.74) is -0.570. The largest absolute Gasteiger partial charge is 0.370 e. The van der Waals surface area contributed by atoms with Gasteiger partial charge in [0.25, 0.3) is 0 Å². The Bertz CT molecular complexity index is 364. The van der Waals surface area contributed by atoms with E-state index in [1.165, 1.54) is 4.80 Å². The summed E-state index contributed by atoms with van der Waals surface area (Å²) in [6, 6.07) is 0. The molecule has 6 nitrogen and oxygen atoms in total. The van der Waals surface area contributed by atoms with Crippen molar-refractivity contribution in [3.63, 3.8) is 0 Å². The van der Waals surface area contributed by atoms with Gasteiger partial charge in [0.05, 0.1) is 13.5 Å². The fourth-order valence-corrected chi connectivity index (χ4v) is 1.79. The van der Waals surface area contributed by atoms with Crippen LogP contribution in [0.3, 0.4) is 0 Å². The van der Waals surface area contributed by atoms with Crippen molar-refractivity contribution in [2.45, 2.75) is 31.3 Å². The van der Waals surface area contributed by atoms with E-state index >= 15 is 0 Å². The Kier molecular flexibility index (Phi) is 2.52. The van der Waals surface area contributed by atoms with Crippen LogP contribution in [0, 0.1) is 0 Å². The topological polar surface area (TPSA) is 69.9 Å². The number of rotatable bonds is 4. The van der Waals surface area contributed by atoms with Crippen LogP contribution in [0.2, 0.25) is 0 Å². The average molecular weight is 210 g/mol. The summed E-state index contributed by atoms with van der Waals surface area (Å²) in [7, 11) is 3.26. The molecule has 0 unspecified atom stereocenters. The second-order valence-corrected chi connectivity index (χ2v) is 3.85. The van der Waals surface area contributed by atoms with Crippen LogP contribution in [0.25, 0.3) is 0 Å². The molecule has 0 aliphatic heterocycles. The zero-order valence-corrected chi connectivity index (χ0v) is 8.93. The number of methoxy groups -OCH3 is 1. The second-order valence-electron chi connectivity index (χ2n) is 3.85. The van der Waals surface area contributed by atoms with Crippen molar-refractivity contribution < 1.29 is 9.53 Å². The molecule has 1 aliphatic rings. The number of aromatic nitrogens is 4. The van der Waals surface area contributed by atoms with Gasteiger partial charge in [-0.1, -0.05) is 0 Å². The molecular formula is C9H14N4O2. The van der Waals surface area contributed by atoms with Crippen LogP contribution in [0.15, 0.2) is 0 Å². The van der Waals surface area contributed by atoms with Gasteiger partial charge in [-0.2, -0.15) is 4.80 Å². The Morgan fingerprint density at radius 2 is 2.33 bits per heavy atom. The van der Waals surface area contributed by atoms with E-state index in [1.807, 2.05) is 0 Å². The minimum atomic E-state index is -0.570. The molecule has 0 amide bonds. The van der Waals surface area contributed by atoms with Crippen molar-refractivity contribution in [1.29, 1.82) is 0 Å². The van der Waals surface area contributed by atoms with E-state index in [1.54, 1.807) is 14.2 Å². The molecule has 0 spiro atoms. The maximum Gasteiger partial charge on any atom is 0.182 e. The van der Waals surface area contributed by atoms with Crippen LogP contribution in [-0.2, 0) is 23.0 Å². The zero-order valence-electron chi connectivity index (χ0n) is 8.93. The number of aryl methyl sites for hydroxylation is 1. The lowest BCUT2D eigenvalue weighted by Gasteiger charge is -2.38. The molecule has 1 aromatic rings. The quantitative estimate of drug-likeness (QED) is 0.693. The highest BCUT2D eigenvalue weighted by Gasteiger charge is 2.44. The number of hydrogen-bond donors (Lipinski definition) is 0. The maximum absolute atomic E-state index is 11.9. The third kappa shape index (κ3) is 1.77. The van der Waals surface area contributed by atoms with Crippen LogP contribution >= 0.6 is 0 Å². The van der Waals surface area contributed by atoms with Gasteiger partial charge in [-0.05, 0) is 24.5 Å². The number of hydrogen-bond acceptors (Lipinski definition) is 5. The fourth-order valence-electron chi connectivity index (χ4n) is 1.79. The minimum absolute atomic E-state index is 0.0595. The van der Waals surface area contributed by atoms with Gasteiger partial charge in [0.1, 0.15) is 5.60 Å². The number of ether oxygens (including phenoxy) is 1. The van der Waals surface area contributed by atoms with Gasteiger partial charge in [0.2, 0.25) is 0 Å². The molecule has 0 radical (unpaired) electrons. The zero-order chi connectivity index (χ0) is 10.9. The summed E-state index contributed by atoms with van der Waals surface area (Å²) in [6.45, 7) is 0. The third-order valence-corrected chi connectivity index (χ3v) is 2.93. The highest BCUT2D eigenvalue weighted by Crippen LogP contribution is 2.36. The molecule has 1 aliphatic carbocycles. The van der Waals surface area contributed by atoms with E-state index in [4.69, 9.17) is 4.74 Å². The first-order valence-corrected chi connectivity index (χ1v) is 4.98. The van der Waals surface area contributed by atoms with Crippen LogP contribution in [0.1, 0.15) is 25.1 Å². The summed E-state index contributed by atoms with van der Waals surface area (Å²) < 4.78 is 5.28. The molecule has 82 valence electrons. The van der Waals surface area contributed by atoms with Gasteiger partial charge in [-0.15, -0.1) is 10.2 Å². The molecule has 2 rings (SSSR count). The SMILES string of the molecule is COC1(C(=O)Cc2nnn(C)n2)CCC1. The standard InChI is InChI=1S/C9H14N4O2/c1-13-11-8(10-12-13)6-7(14)9(15-2)4-3-5-9/h3-6H2,1-2H3. The Morgan fingerprint density at radius 1 is 1.60 bits per heavy atom. The molecule has 1 heterocycles. The van der Waals surface area contributed by atoms with Gasteiger partial charge >= 0.3 is 0 Å². The predicted molar refractivity (Wildman–Crippen MR) is 51.1 cm³/mol. The Labute approximate surface area is 87.6 Å². The van der Waals surface area contributed by atoms with Crippen LogP contribution in [0.5, 0.6) is 0 Å². The van der Waals surface area contributed by atoms with Crippen LogP contribution in [-0.4, -0.2) is 38.7 Å². The lowest BCUT2D eigenvalue weighted by molar-refractivity contribution is -0.151. The molecule has 1 saturated carbocycles. The van der Waals surface area contributed by atoms with Gasteiger partial charge < -0.3 is 4.74 Å². The lowest BCUT2D eigenvalue weighted by Crippen LogP contribution is -2.47. The average Bonchev–Trinajstić information content (AvgIpc) is 2.50. The molecule has 0 saturated heterocycles. The summed E-state index contributed by atoms with van der Waals surface area (Å²) in [6.07, 6.45) is 2.88. The molecule has 0 atom stereocenters. The number of carbonyl (C=O) groups is 1. The third-order valence-electron chi connectivity index (χ3n) is 2.93. The van der Waals surface area contributed by atoms with Crippen molar-refractivity contribution in [1.82, 2.24) is 20.2 Å². The van der Waals surface area contributed by atoms with Crippen molar-refractivity contribution in [3.8, 4) is 0 Å². The van der Waals surface area contributed by atoms with E-state index in [9.17, 15) is 4.79 Å². The summed E-state index contributed by atoms with van der Waals surface area (Å²) in [5, 5.41) is 11.4. The van der Waals surface area contributed by atoms with Crippen molar-refractivity contribution in [2.75, 3.05) is 7.11 Å². The summed E-state index contributed by atoms with van der Waals surface area (Å²) in [5.74, 6) is 0.523. The second kappa shape index (κ2) is 3.69. The first kappa shape index (κ1) is 10.2. The summed E-state index contributed by atoms with van der Waals surface area (Å²) >= 11 is 0. The Morgan fingerprint density at radius 3 is 2.73 bits per heavy atom. The molecule has 6 heteroatoms. The van der Waals surface area contributed by atoms with Gasteiger partial charge in [-0.25, -0.2) is 0 Å². The lowest BCUT2D eigenvalue weighted by atomic mass is 9.76. The van der Waals surface area contributed by atoms with Crippen molar-refractivity contribution in [3.05, 3.63) is 5.82 Å². The molecule has 1 aromatic heterocycles. The maximum atomic E-state index is 11.9. The summed E-state index contributed by atoms with van der Waals surface area (Å²) in [4.78, 5) is 13.3. The Hall–Kier alpha value is -1.30. The van der Waals surface area contributed by atoms with Crippen LogP contribution < -0.4 is 0 Å². The first-order valence-electron chi connectivity index (χ1n) is 4.98. The number of nitrogens with zero attached hydrogens (tertiary/aromatic N) is 4. The molecular weight excluding hydrogens is 196 g/mol. The Balaban J connectivity index is 2.03. The molecule has 0 bridgehead atoms. The van der Waals surface area contributed by atoms with Gasteiger partial charge in [0, 0.05) is 7.11 Å². The van der Waals surface area contributed by atoms with E-state index in [0.29, 0.717) is 5.82 Å². The first-order chi connectivity index (χ1) is 7.16. The van der Waals surface area contributed by atoms with E-state index in [-0.39, 0.29) is 12.2 Å². The monoisotopic (exact) mass is 210 g/mol. The van der Waals surface area contributed by atoms with Crippen molar-refractivity contribution >= 4 is 5.78 Å². The number of carbonyl (C=O) groups excluding carboxylic acids is 1. The minimum Gasteiger partial charge on any atom is -0.370 e. The fraction of sp³-hybridized carbons (Fsp3) is 0.778. The normalized spacial score (nSPS) is 18.5. The highest BCUT2D eigenvalue weighted by atomic mass is 16.5. The van der Waals surface area contributed by atoms with Crippen molar-refractivity contribution in [2.24, 2.45) is 7.05 Å². The molecule has 1 fully saturated rings.